The second-order valence-corrected chi connectivity index (χ2v) is 7.58. The molecule has 1 atom stereocenters. The van der Waals surface area contributed by atoms with E-state index in [0.717, 1.165) is 19.4 Å². The third kappa shape index (κ3) is 5.49. The van der Waals surface area contributed by atoms with Crippen molar-refractivity contribution in [3.05, 3.63) is 29.8 Å². The van der Waals surface area contributed by atoms with Crippen LogP contribution in [0.5, 0.6) is 0 Å². The van der Waals surface area contributed by atoms with E-state index in [9.17, 15) is 9.59 Å². The minimum atomic E-state index is -0.374. The largest absolute Gasteiger partial charge is 0.347 e. The molecular formula is C18H28ClN3O2. The number of hydrogen-bond acceptors (Lipinski definition) is 3. The maximum absolute atomic E-state index is 12.5. The molecular weight excluding hydrogens is 326 g/mol. The number of benzene rings is 1. The van der Waals surface area contributed by atoms with Gasteiger partial charge in [-0.05, 0) is 71.3 Å². The highest BCUT2D eigenvalue weighted by atomic mass is 35.5. The van der Waals surface area contributed by atoms with Crippen LogP contribution < -0.4 is 16.0 Å². The number of piperidine rings is 1. The van der Waals surface area contributed by atoms with Gasteiger partial charge in [0, 0.05) is 23.3 Å². The maximum atomic E-state index is 12.5. The summed E-state index contributed by atoms with van der Waals surface area (Å²) in [4.78, 5) is 24.6. The Morgan fingerprint density at radius 2 is 1.79 bits per heavy atom. The minimum Gasteiger partial charge on any atom is -0.347 e. The molecule has 1 unspecified atom stereocenters. The van der Waals surface area contributed by atoms with Crippen molar-refractivity contribution < 1.29 is 9.59 Å². The Bertz CT molecular complexity index is 573. The average molecular weight is 354 g/mol. The van der Waals surface area contributed by atoms with Crippen molar-refractivity contribution in [3.63, 3.8) is 0 Å². The molecule has 1 saturated heterocycles. The molecule has 1 aliphatic heterocycles. The summed E-state index contributed by atoms with van der Waals surface area (Å²) in [5, 5.41) is 9.15. The molecule has 2 rings (SSSR count). The molecule has 24 heavy (non-hydrogen) atoms. The van der Waals surface area contributed by atoms with Crippen LogP contribution in [0.3, 0.4) is 0 Å². The van der Waals surface area contributed by atoms with Crippen molar-refractivity contribution in [2.24, 2.45) is 5.41 Å². The van der Waals surface area contributed by atoms with Crippen LogP contribution in [-0.2, 0) is 4.79 Å². The molecule has 1 heterocycles. The van der Waals surface area contributed by atoms with Gasteiger partial charge in [-0.15, -0.1) is 12.4 Å². The molecule has 6 heteroatoms. The highest BCUT2D eigenvalue weighted by Gasteiger charge is 2.34. The van der Waals surface area contributed by atoms with Gasteiger partial charge >= 0.3 is 0 Å². The van der Waals surface area contributed by atoms with Crippen LogP contribution in [0, 0.1) is 5.41 Å². The number of rotatable bonds is 3. The third-order valence-corrected chi connectivity index (χ3v) is 4.04. The average Bonchev–Trinajstić information content (AvgIpc) is 2.47. The van der Waals surface area contributed by atoms with Gasteiger partial charge in [0.05, 0.1) is 5.41 Å². The monoisotopic (exact) mass is 353 g/mol. The molecule has 5 nitrogen and oxygen atoms in total. The summed E-state index contributed by atoms with van der Waals surface area (Å²) in [5.41, 5.74) is 0.658. The zero-order chi connectivity index (χ0) is 17.1. The number of halogens is 1. The number of hydrogen-bond donors (Lipinski definition) is 3. The Morgan fingerprint density at radius 1 is 1.17 bits per heavy atom. The van der Waals surface area contributed by atoms with E-state index in [-0.39, 0.29) is 35.2 Å². The SMILES string of the molecule is CC(C)(C)NC(=O)c1ccc(NC(=O)C2(C)CCCNC2)cc1.Cl. The highest BCUT2D eigenvalue weighted by molar-refractivity contribution is 5.97. The molecule has 0 radical (unpaired) electrons. The fraction of sp³-hybridized carbons (Fsp3) is 0.556. The second-order valence-electron chi connectivity index (χ2n) is 7.58. The summed E-state index contributed by atoms with van der Waals surface area (Å²) in [6, 6.07) is 7.01. The number of carbonyl (C=O) groups excluding carboxylic acids is 2. The minimum absolute atomic E-state index is 0. The lowest BCUT2D eigenvalue weighted by Gasteiger charge is -2.32. The molecule has 1 aromatic carbocycles. The van der Waals surface area contributed by atoms with E-state index >= 15 is 0 Å². The van der Waals surface area contributed by atoms with Gasteiger partial charge in [0.2, 0.25) is 5.91 Å². The van der Waals surface area contributed by atoms with Crippen LogP contribution in [0.4, 0.5) is 5.69 Å². The number of amides is 2. The molecule has 2 amide bonds. The van der Waals surface area contributed by atoms with Gasteiger partial charge in [-0.3, -0.25) is 9.59 Å². The number of carbonyl (C=O) groups is 2. The first kappa shape index (κ1) is 20.5. The van der Waals surface area contributed by atoms with Gasteiger partial charge in [0.25, 0.3) is 5.91 Å². The predicted molar refractivity (Wildman–Crippen MR) is 99.7 cm³/mol. The molecule has 1 aromatic rings. The predicted octanol–water partition coefficient (Wildman–Crippen LogP) is 2.96. The number of nitrogens with one attached hydrogen (secondary N) is 3. The van der Waals surface area contributed by atoms with E-state index in [2.05, 4.69) is 16.0 Å². The van der Waals surface area contributed by atoms with E-state index in [1.54, 1.807) is 24.3 Å². The fourth-order valence-electron chi connectivity index (χ4n) is 2.65. The smallest absolute Gasteiger partial charge is 0.251 e. The lowest BCUT2D eigenvalue weighted by atomic mass is 9.82. The molecule has 1 aliphatic rings. The highest BCUT2D eigenvalue weighted by Crippen LogP contribution is 2.27. The lowest BCUT2D eigenvalue weighted by molar-refractivity contribution is -0.125. The van der Waals surface area contributed by atoms with Gasteiger partial charge < -0.3 is 16.0 Å². The van der Waals surface area contributed by atoms with Crippen molar-refractivity contribution in [1.82, 2.24) is 10.6 Å². The first-order valence-corrected chi connectivity index (χ1v) is 8.14. The molecule has 0 saturated carbocycles. The maximum Gasteiger partial charge on any atom is 0.251 e. The molecule has 0 aromatic heterocycles. The van der Waals surface area contributed by atoms with Gasteiger partial charge in [-0.25, -0.2) is 0 Å². The second kappa shape index (κ2) is 7.99. The third-order valence-electron chi connectivity index (χ3n) is 4.04. The number of anilines is 1. The summed E-state index contributed by atoms with van der Waals surface area (Å²) < 4.78 is 0. The first-order valence-electron chi connectivity index (χ1n) is 8.14. The van der Waals surface area contributed by atoms with Crippen LogP contribution >= 0.6 is 12.4 Å². The molecule has 1 fully saturated rings. The van der Waals surface area contributed by atoms with E-state index in [0.29, 0.717) is 17.8 Å². The summed E-state index contributed by atoms with van der Waals surface area (Å²) >= 11 is 0. The molecule has 0 bridgehead atoms. The fourth-order valence-corrected chi connectivity index (χ4v) is 2.65. The topological polar surface area (TPSA) is 70.2 Å². The van der Waals surface area contributed by atoms with E-state index < -0.39 is 0 Å². The zero-order valence-corrected chi connectivity index (χ0v) is 15.7. The standard InChI is InChI=1S/C18H27N3O2.ClH/c1-17(2,3)21-15(22)13-6-8-14(9-7-13)20-16(23)18(4)10-5-11-19-12-18;/h6-9,19H,5,10-12H2,1-4H3,(H,20,23)(H,21,22);1H. The van der Waals surface area contributed by atoms with Crippen molar-refractivity contribution in [1.29, 1.82) is 0 Å². The van der Waals surface area contributed by atoms with Crippen LogP contribution in [-0.4, -0.2) is 30.4 Å². The van der Waals surface area contributed by atoms with Crippen molar-refractivity contribution in [3.8, 4) is 0 Å². The Balaban J connectivity index is 0.00000288. The van der Waals surface area contributed by atoms with Gasteiger partial charge in [0.15, 0.2) is 0 Å². The summed E-state index contributed by atoms with van der Waals surface area (Å²) in [6.45, 7) is 9.49. The molecule has 134 valence electrons. The van der Waals surface area contributed by atoms with Crippen molar-refractivity contribution in [2.75, 3.05) is 18.4 Å². The molecule has 3 N–H and O–H groups in total. The zero-order valence-electron chi connectivity index (χ0n) is 14.9. The summed E-state index contributed by atoms with van der Waals surface area (Å²) in [7, 11) is 0. The Morgan fingerprint density at radius 3 is 2.29 bits per heavy atom. The van der Waals surface area contributed by atoms with Crippen LogP contribution in [0.2, 0.25) is 0 Å². The normalized spacial score (nSPS) is 20.7. The van der Waals surface area contributed by atoms with Crippen molar-refractivity contribution >= 4 is 29.9 Å². The first-order chi connectivity index (χ1) is 10.7. The van der Waals surface area contributed by atoms with E-state index in [1.165, 1.54) is 0 Å². The van der Waals surface area contributed by atoms with Gasteiger partial charge in [0.1, 0.15) is 0 Å². The van der Waals surface area contributed by atoms with E-state index in [4.69, 9.17) is 0 Å². The van der Waals surface area contributed by atoms with Crippen LogP contribution in [0.25, 0.3) is 0 Å². The quantitative estimate of drug-likeness (QED) is 0.782. The summed E-state index contributed by atoms with van der Waals surface area (Å²) in [6.07, 6.45) is 1.90. The molecule has 0 spiro atoms. The van der Waals surface area contributed by atoms with Crippen LogP contribution in [0.1, 0.15) is 50.9 Å². The van der Waals surface area contributed by atoms with E-state index in [1.807, 2.05) is 27.7 Å². The van der Waals surface area contributed by atoms with Crippen molar-refractivity contribution in [2.45, 2.75) is 46.1 Å². The Hall–Kier alpha value is -1.59. The summed E-state index contributed by atoms with van der Waals surface area (Å²) in [5.74, 6) is -0.0876. The Kier molecular flexibility index (Phi) is 6.81. The van der Waals surface area contributed by atoms with Gasteiger partial charge in [-0.2, -0.15) is 0 Å². The van der Waals surface area contributed by atoms with Crippen LogP contribution in [0.15, 0.2) is 24.3 Å². The lowest BCUT2D eigenvalue weighted by Crippen LogP contribution is -2.46. The van der Waals surface area contributed by atoms with Gasteiger partial charge in [-0.1, -0.05) is 0 Å². The molecule has 0 aliphatic carbocycles. The Labute approximate surface area is 150 Å².